The molecule has 1 unspecified atom stereocenters. The summed E-state index contributed by atoms with van der Waals surface area (Å²) < 4.78 is 5.08. The van der Waals surface area contributed by atoms with Crippen molar-refractivity contribution >= 4 is 17.2 Å². The van der Waals surface area contributed by atoms with Gasteiger partial charge in [0.2, 0.25) is 0 Å². The number of aliphatic hydroxyl groups is 1. The number of nitrogens with one attached hydrogen (secondary N) is 1. The summed E-state index contributed by atoms with van der Waals surface area (Å²) in [6.45, 7) is 0.128. The molecule has 1 amide bonds. The zero-order valence-corrected chi connectivity index (χ0v) is 11.2. The monoisotopic (exact) mass is 278 g/mol. The van der Waals surface area contributed by atoms with Gasteiger partial charge in [-0.15, -0.1) is 11.3 Å². The Kier molecular flexibility index (Phi) is 4.48. The standard InChI is InChI=1S/C13H14N2O3S/c1-18-10-4-2-3-9(5-10)12(16)6-14-13(17)11-7-19-8-15-11/h2-5,7-8,12,16H,6H2,1H3,(H,14,17). The molecular weight excluding hydrogens is 264 g/mol. The molecule has 2 rings (SSSR count). The van der Waals surface area contributed by atoms with Crippen molar-refractivity contribution in [2.24, 2.45) is 0 Å². The van der Waals surface area contributed by atoms with E-state index in [9.17, 15) is 9.90 Å². The highest BCUT2D eigenvalue weighted by Gasteiger charge is 2.12. The summed E-state index contributed by atoms with van der Waals surface area (Å²) in [6.07, 6.45) is -0.780. The lowest BCUT2D eigenvalue weighted by Gasteiger charge is -2.12. The minimum absolute atomic E-state index is 0.128. The Hall–Kier alpha value is -1.92. The van der Waals surface area contributed by atoms with Gasteiger partial charge in [0.25, 0.3) is 5.91 Å². The molecular formula is C13H14N2O3S. The summed E-state index contributed by atoms with van der Waals surface area (Å²) in [5, 5.41) is 14.3. The first kappa shape index (κ1) is 13.5. The zero-order chi connectivity index (χ0) is 13.7. The van der Waals surface area contributed by atoms with E-state index in [2.05, 4.69) is 10.3 Å². The number of methoxy groups -OCH3 is 1. The van der Waals surface area contributed by atoms with E-state index >= 15 is 0 Å². The first-order valence-electron chi connectivity index (χ1n) is 5.69. The van der Waals surface area contributed by atoms with Crippen LogP contribution in [0.5, 0.6) is 5.75 Å². The van der Waals surface area contributed by atoms with Gasteiger partial charge in [-0.1, -0.05) is 12.1 Å². The van der Waals surface area contributed by atoms with Crippen LogP contribution in [0.1, 0.15) is 22.2 Å². The summed E-state index contributed by atoms with van der Waals surface area (Å²) in [5.41, 5.74) is 2.65. The number of benzene rings is 1. The third-order valence-corrected chi connectivity index (χ3v) is 3.19. The second kappa shape index (κ2) is 6.31. The van der Waals surface area contributed by atoms with E-state index in [-0.39, 0.29) is 12.5 Å². The summed E-state index contributed by atoms with van der Waals surface area (Å²) in [4.78, 5) is 15.6. The predicted molar refractivity (Wildman–Crippen MR) is 72.4 cm³/mol. The van der Waals surface area contributed by atoms with Crippen molar-refractivity contribution in [3.05, 3.63) is 46.4 Å². The number of aliphatic hydroxyl groups excluding tert-OH is 1. The number of aromatic nitrogens is 1. The van der Waals surface area contributed by atoms with Gasteiger partial charge in [0.05, 0.1) is 18.7 Å². The number of hydrogen-bond acceptors (Lipinski definition) is 5. The molecule has 0 fully saturated rings. The highest BCUT2D eigenvalue weighted by atomic mass is 32.1. The Labute approximate surface area is 114 Å². The molecule has 100 valence electrons. The van der Waals surface area contributed by atoms with Gasteiger partial charge in [-0.2, -0.15) is 0 Å². The zero-order valence-electron chi connectivity index (χ0n) is 10.4. The van der Waals surface area contributed by atoms with Crippen LogP contribution in [0.15, 0.2) is 35.2 Å². The molecule has 2 aromatic rings. The molecule has 1 aromatic carbocycles. The maximum Gasteiger partial charge on any atom is 0.270 e. The molecule has 0 saturated carbocycles. The van der Waals surface area contributed by atoms with Crippen LogP contribution in [0.2, 0.25) is 0 Å². The van der Waals surface area contributed by atoms with E-state index in [0.29, 0.717) is 17.0 Å². The minimum Gasteiger partial charge on any atom is -0.497 e. The fraction of sp³-hybridized carbons (Fsp3) is 0.231. The van der Waals surface area contributed by atoms with Crippen LogP contribution < -0.4 is 10.1 Å². The average Bonchev–Trinajstić information content (AvgIpc) is 2.98. The molecule has 2 N–H and O–H groups in total. The highest BCUT2D eigenvalue weighted by Crippen LogP contribution is 2.18. The Balaban J connectivity index is 1.93. The molecule has 0 aliphatic heterocycles. The van der Waals surface area contributed by atoms with Crippen molar-refractivity contribution in [3.8, 4) is 5.75 Å². The quantitative estimate of drug-likeness (QED) is 0.871. The Morgan fingerprint density at radius 3 is 3.11 bits per heavy atom. The molecule has 0 aliphatic rings. The summed E-state index contributed by atoms with van der Waals surface area (Å²) in [5.74, 6) is 0.380. The number of nitrogens with zero attached hydrogens (tertiary/aromatic N) is 1. The Morgan fingerprint density at radius 1 is 1.58 bits per heavy atom. The van der Waals surface area contributed by atoms with Gasteiger partial charge in [0.1, 0.15) is 11.4 Å². The van der Waals surface area contributed by atoms with Crippen LogP contribution in [0.3, 0.4) is 0 Å². The molecule has 0 aliphatic carbocycles. The third kappa shape index (κ3) is 3.52. The molecule has 0 saturated heterocycles. The van der Waals surface area contributed by atoms with E-state index in [1.165, 1.54) is 11.3 Å². The van der Waals surface area contributed by atoms with Gasteiger partial charge in [0, 0.05) is 11.9 Å². The lowest BCUT2D eigenvalue weighted by atomic mass is 10.1. The number of rotatable bonds is 5. The van der Waals surface area contributed by atoms with Gasteiger partial charge in [-0.3, -0.25) is 4.79 Å². The SMILES string of the molecule is COc1cccc(C(O)CNC(=O)c2cscn2)c1. The minimum atomic E-state index is -0.780. The molecule has 0 radical (unpaired) electrons. The first-order valence-corrected chi connectivity index (χ1v) is 6.63. The van der Waals surface area contributed by atoms with Crippen molar-refractivity contribution in [2.45, 2.75) is 6.10 Å². The van der Waals surface area contributed by atoms with Crippen LogP contribution in [0.25, 0.3) is 0 Å². The fourth-order valence-corrected chi connectivity index (χ4v) is 2.10. The summed E-state index contributed by atoms with van der Waals surface area (Å²) in [7, 11) is 1.56. The van der Waals surface area contributed by atoms with Crippen LogP contribution >= 0.6 is 11.3 Å². The van der Waals surface area contributed by atoms with E-state index in [4.69, 9.17) is 4.74 Å². The van der Waals surface area contributed by atoms with Gasteiger partial charge in [0.15, 0.2) is 0 Å². The molecule has 1 heterocycles. The van der Waals surface area contributed by atoms with E-state index in [0.717, 1.165) is 0 Å². The average molecular weight is 278 g/mol. The number of carbonyl (C=O) groups is 1. The number of amides is 1. The predicted octanol–water partition coefficient (Wildman–Crippen LogP) is 1.62. The lowest BCUT2D eigenvalue weighted by Crippen LogP contribution is -2.28. The van der Waals surface area contributed by atoms with E-state index in [1.807, 2.05) is 0 Å². The maximum absolute atomic E-state index is 11.7. The second-order valence-corrected chi connectivity index (χ2v) is 4.59. The van der Waals surface area contributed by atoms with E-state index in [1.54, 1.807) is 42.3 Å². The maximum atomic E-state index is 11.7. The van der Waals surface area contributed by atoms with Gasteiger partial charge < -0.3 is 15.2 Å². The Bertz CT molecular complexity index is 543. The van der Waals surface area contributed by atoms with Crippen LogP contribution in [-0.2, 0) is 0 Å². The van der Waals surface area contributed by atoms with E-state index < -0.39 is 6.10 Å². The van der Waals surface area contributed by atoms with Crippen molar-refractivity contribution < 1.29 is 14.6 Å². The van der Waals surface area contributed by atoms with Crippen LogP contribution in [0, 0.1) is 0 Å². The molecule has 1 aromatic heterocycles. The van der Waals surface area contributed by atoms with Crippen molar-refractivity contribution in [2.75, 3.05) is 13.7 Å². The van der Waals surface area contributed by atoms with Crippen molar-refractivity contribution in [1.82, 2.24) is 10.3 Å². The Morgan fingerprint density at radius 2 is 2.42 bits per heavy atom. The molecule has 19 heavy (non-hydrogen) atoms. The number of hydrogen-bond donors (Lipinski definition) is 2. The van der Waals surface area contributed by atoms with Crippen LogP contribution in [0.4, 0.5) is 0 Å². The van der Waals surface area contributed by atoms with Crippen LogP contribution in [-0.4, -0.2) is 29.7 Å². The normalized spacial score (nSPS) is 11.9. The van der Waals surface area contributed by atoms with Crippen molar-refractivity contribution in [3.63, 3.8) is 0 Å². The second-order valence-electron chi connectivity index (χ2n) is 3.88. The molecule has 0 spiro atoms. The summed E-state index contributed by atoms with van der Waals surface area (Å²) in [6, 6.07) is 7.10. The highest BCUT2D eigenvalue weighted by molar-refractivity contribution is 7.07. The van der Waals surface area contributed by atoms with Gasteiger partial charge in [-0.25, -0.2) is 4.98 Å². The van der Waals surface area contributed by atoms with Gasteiger partial charge >= 0.3 is 0 Å². The molecule has 0 bridgehead atoms. The molecule has 6 heteroatoms. The largest absolute Gasteiger partial charge is 0.497 e. The smallest absolute Gasteiger partial charge is 0.270 e. The fourth-order valence-electron chi connectivity index (χ4n) is 1.57. The first-order chi connectivity index (χ1) is 9.20. The van der Waals surface area contributed by atoms with Gasteiger partial charge in [-0.05, 0) is 17.7 Å². The molecule has 1 atom stereocenters. The number of thiazole rings is 1. The van der Waals surface area contributed by atoms with Crippen molar-refractivity contribution in [1.29, 1.82) is 0 Å². The number of carbonyl (C=O) groups excluding carboxylic acids is 1. The number of ether oxygens (including phenoxy) is 1. The molecule has 5 nitrogen and oxygen atoms in total. The summed E-state index contributed by atoms with van der Waals surface area (Å²) >= 11 is 1.35. The third-order valence-electron chi connectivity index (χ3n) is 2.60. The lowest BCUT2D eigenvalue weighted by molar-refractivity contribution is 0.0912. The topological polar surface area (TPSA) is 71.5 Å².